The number of amides is 2. The Hall–Kier alpha value is -4.20. The maximum absolute atomic E-state index is 11.9. The second-order valence-corrected chi connectivity index (χ2v) is 5.84. The molecule has 8 nitrogen and oxygen atoms in total. The largest absolute Gasteiger partial charge is 0.459 e. The molecular weight excluding hydrogens is 372 g/mol. The first-order valence-corrected chi connectivity index (χ1v) is 8.67. The first-order valence-electron chi connectivity index (χ1n) is 8.67. The van der Waals surface area contributed by atoms with Gasteiger partial charge in [0.05, 0.1) is 18.2 Å². The molecule has 0 fully saturated rings. The zero-order valence-electron chi connectivity index (χ0n) is 15.5. The van der Waals surface area contributed by atoms with Crippen LogP contribution in [-0.2, 0) is 4.84 Å². The van der Waals surface area contributed by atoms with E-state index >= 15 is 0 Å². The van der Waals surface area contributed by atoms with Gasteiger partial charge in [0, 0.05) is 5.69 Å². The predicted octanol–water partition coefficient (Wildman–Crippen LogP) is 4.02. The SMILES string of the molecule is C/C(=N/NC(=O)O/N=C\c1ccccc1)c1ccc(NC(=O)c2ccco2)cc1. The lowest BCUT2D eigenvalue weighted by Crippen LogP contribution is -2.18. The molecule has 0 spiro atoms. The van der Waals surface area contributed by atoms with E-state index in [0.29, 0.717) is 11.4 Å². The van der Waals surface area contributed by atoms with Crippen LogP contribution in [0, 0.1) is 0 Å². The van der Waals surface area contributed by atoms with Gasteiger partial charge in [-0.2, -0.15) is 5.10 Å². The molecule has 8 heteroatoms. The van der Waals surface area contributed by atoms with Crippen LogP contribution in [0.25, 0.3) is 0 Å². The van der Waals surface area contributed by atoms with Crippen LogP contribution in [-0.4, -0.2) is 23.9 Å². The summed E-state index contributed by atoms with van der Waals surface area (Å²) in [6.45, 7) is 1.73. The summed E-state index contributed by atoms with van der Waals surface area (Å²) < 4.78 is 5.04. The van der Waals surface area contributed by atoms with Crippen molar-refractivity contribution < 1.29 is 18.8 Å². The second kappa shape index (κ2) is 9.65. The van der Waals surface area contributed by atoms with E-state index in [1.807, 2.05) is 30.3 Å². The molecule has 2 N–H and O–H groups in total. The highest BCUT2D eigenvalue weighted by Crippen LogP contribution is 2.12. The van der Waals surface area contributed by atoms with Gasteiger partial charge in [0.15, 0.2) is 5.76 Å². The Bertz CT molecular complexity index is 1010. The molecule has 2 amide bonds. The van der Waals surface area contributed by atoms with Gasteiger partial charge in [-0.25, -0.2) is 10.2 Å². The number of nitrogens with zero attached hydrogens (tertiary/aromatic N) is 2. The van der Waals surface area contributed by atoms with Gasteiger partial charge in [-0.3, -0.25) is 9.63 Å². The molecule has 0 unspecified atom stereocenters. The molecule has 0 aliphatic heterocycles. The molecule has 1 heterocycles. The van der Waals surface area contributed by atoms with E-state index in [1.165, 1.54) is 12.5 Å². The van der Waals surface area contributed by atoms with Crippen molar-refractivity contribution in [3.63, 3.8) is 0 Å². The summed E-state index contributed by atoms with van der Waals surface area (Å²) in [5, 5.41) is 10.3. The number of hydrazone groups is 1. The van der Waals surface area contributed by atoms with Gasteiger partial charge in [-0.1, -0.05) is 47.6 Å². The molecule has 0 saturated heterocycles. The average Bonchev–Trinajstić information content (AvgIpc) is 3.28. The summed E-state index contributed by atoms with van der Waals surface area (Å²) in [4.78, 5) is 28.3. The molecule has 2 aromatic carbocycles. The third kappa shape index (κ3) is 5.90. The van der Waals surface area contributed by atoms with Gasteiger partial charge in [0.2, 0.25) is 0 Å². The highest BCUT2D eigenvalue weighted by atomic mass is 16.7. The van der Waals surface area contributed by atoms with Crippen molar-refractivity contribution in [2.75, 3.05) is 5.32 Å². The van der Waals surface area contributed by atoms with Crippen LogP contribution in [0.4, 0.5) is 10.5 Å². The topological polar surface area (TPSA) is 105 Å². The number of anilines is 1. The smallest absolute Gasteiger partial charge is 0.453 e. The number of rotatable bonds is 6. The fourth-order valence-electron chi connectivity index (χ4n) is 2.28. The molecular formula is C21H18N4O4. The third-order valence-corrected chi connectivity index (χ3v) is 3.76. The molecule has 1 aromatic heterocycles. The van der Waals surface area contributed by atoms with Gasteiger partial charge >= 0.3 is 6.09 Å². The monoisotopic (exact) mass is 390 g/mol. The molecule has 0 saturated carbocycles. The van der Waals surface area contributed by atoms with Crippen LogP contribution in [0.1, 0.15) is 28.6 Å². The van der Waals surface area contributed by atoms with Crippen molar-refractivity contribution in [2.24, 2.45) is 10.3 Å². The van der Waals surface area contributed by atoms with Crippen LogP contribution in [0.15, 0.2) is 87.7 Å². The molecule has 146 valence electrons. The van der Waals surface area contributed by atoms with E-state index in [0.717, 1.165) is 11.1 Å². The van der Waals surface area contributed by atoms with Crippen molar-refractivity contribution in [1.82, 2.24) is 5.43 Å². The van der Waals surface area contributed by atoms with Crippen LogP contribution < -0.4 is 10.7 Å². The number of hydrogen-bond acceptors (Lipinski definition) is 6. The molecule has 0 bridgehead atoms. The van der Waals surface area contributed by atoms with Crippen LogP contribution in [0.5, 0.6) is 0 Å². The molecule has 3 aromatic rings. The average molecular weight is 390 g/mol. The first kappa shape index (κ1) is 19.6. The van der Waals surface area contributed by atoms with Gasteiger partial charge < -0.3 is 9.73 Å². The van der Waals surface area contributed by atoms with E-state index in [-0.39, 0.29) is 11.7 Å². The van der Waals surface area contributed by atoms with Crippen molar-refractivity contribution >= 4 is 29.6 Å². The van der Waals surface area contributed by atoms with E-state index in [4.69, 9.17) is 4.42 Å². The van der Waals surface area contributed by atoms with Crippen molar-refractivity contribution in [2.45, 2.75) is 6.92 Å². The first-order chi connectivity index (χ1) is 14.1. The lowest BCUT2D eigenvalue weighted by atomic mass is 10.1. The fraction of sp³-hybridized carbons (Fsp3) is 0.0476. The van der Waals surface area contributed by atoms with Gasteiger partial charge in [-0.15, -0.1) is 0 Å². The Kier molecular flexibility index (Phi) is 6.51. The minimum Gasteiger partial charge on any atom is -0.459 e. The highest BCUT2D eigenvalue weighted by Gasteiger charge is 2.09. The van der Waals surface area contributed by atoms with Crippen molar-refractivity contribution in [1.29, 1.82) is 0 Å². The fourth-order valence-corrected chi connectivity index (χ4v) is 2.28. The quantitative estimate of drug-likeness (QED) is 0.377. The summed E-state index contributed by atoms with van der Waals surface area (Å²) in [6.07, 6.45) is 2.05. The van der Waals surface area contributed by atoms with E-state index < -0.39 is 6.09 Å². The Labute approximate surface area is 166 Å². The number of oxime groups is 1. The molecule has 0 aliphatic carbocycles. The zero-order valence-corrected chi connectivity index (χ0v) is 15.5. The summed E-state index contributed by atoms with van der Waals surface area (Å²) in [5.41, 5.74) is 4.98. The lowest BCUT2D eigenvalue weighted by Gasteiger charge is -2.05. The Balaban J connectivity index is 1.50. The summed E-state index contributed by atoms with van der Waals surface area (Å²) >= 11 is 0. The third-order valence-electron chi connectivity index (χ3n) is 3.76. The van der Waals surface area contributed by atoms with Crippen LogP contribution >= 0.6 is 0 Å². The number of benzene rings is 2. The molecule has 3 rings (SSSR count). The number of carbonyl (C=O) groups excluding carboxylic acids is 2. The Morgan fingerprint density at radius 3 is 2.45 bits per heavy atom. The minimum absolute atomic E-state index is 0.226. The van der Waals surface area contributed by atoms with Crippen LogP contribution in [0.2, 0.25) is 0 Å². The number of hydrogen-bond donors (Lipinski definition) is 2. The predicted molar refractivity (Wildman–Crippen MR) is 109 cm³/mol. The standard InChI is InChI=1S/C21H18N4O4/c1-15(24-25-21(27)29-22-14-16-6-3-2-4-7-16)17-9-11-18(12-10-17)23-20(26)19-8-5-13-28-19/h2-14H,1H3,(H,23,26)(H,25,27)/b22-14-,24-15-. The normalized spacial score (nSPS) is 11.3. The Morgan fingerprint density at radius 2 is 1.76 bits per heavy atom. The van der Waals surface area contributed by atoms with E-state index in [9.17, 15) is 9.59 Å². The number of furan rings is 1. The molecule has 0 aliphatic rings. The maximum atomic E-state index is 11.9. The summed E-state index contributed by atoms with van der Waals surface area (Å²) in [6, 6.07) is 19.4. The number of carbonyl (C=O) groups is 2. The van der Waals surface area contributed by atoms with Crippen molar-refractivity contribution in [3.8, 4) is 0 Å². The molecule has 0 atom stereocenters. The van der Waals surface area contributed by atoms with Gasteiger partial charge in [0.25, 0.3) is 5.91 Å². The van der Waals surface area contributed by atoms with E-state index in [2.05, 4.69) is 25.8 Å². The molecule has 29 heavy (non-hydrogen) atoms. The van der Waals surface area contributed by atoms with Crippen molar-refractivity contribution in [3.05, 3.63) is 89.9 Å². The lowest BCUT2D eigenvalue weighted by molar-refractivity contribution is 0.0996. The summed E-state index contributed by atoms with van der Waals surface area (Å²) in [7, 11) is 0. The number of nitrogens with one attached hydrogen (secondary N) is 2. The van der Waals surface area contributed by atoms with Gasteiger partial charge in [-0.05, 0) is 42.3 Å². The molecule has 0 radical (unpaired) electrons. The van der Waals surface area contributed by atoms with E-state index in [1.54, 1.807) is 43.3 Å². The zero-order chi connectivity index (χ0) is 20.5. The van der Waals surface area contributed by atoms with Gasteiger partial charge in [0.1, 0.15) is 0 Å². The Morgan fingerprint density at radius 1 is 1.00 bits per heavy atom. The maximum Gasteiger partial charge on any atom is 0.453 e. The highest BCUT2D eigenvalue weighted by molar-refractivity contribution is 6.03. The summed E-state index contributed by atoms with van der Waals surface area (Å²) in [5.74, 6) is -0.113. The minimum atomic E-state index is -0.807. The second-order valence-electron chi connectivity index (χ2n) is 5.84. The van der Waals surface area contributed by atoms with Crippen LogP contribution in [0.3, 0.4) is 0 Å².